The molecule has 1 amide bonds. The molecule has 20 heavy (non-hydrogen) atoms. The quantitative estimate of drug-likeness (QED) is 0.867. The van der Waals surface area contributed by atoms with E-state index in [2.05, 4.69) is 0 Å². The van der Waals surface area contributed by atoms with Crippen molar-refractivity contribution >= 4 is 11.9 Å². The fraction of sp³-hybridized carbons (Fsp3) is 0.467. The van der Waals surface area contributed by atoms with E-state index < -0.39 is 18.1 Å². The van der Waals surface area contributed by atoms with Crippen LogP contribution in [0.15, 0.2) is 30.3 Å². The summed E-state index contributed by atoms with van der Waals surface area (Å²) in [6.45, 7) is 2.00. The third kappa shape index (κ3) is 2.82. The van der Waals surface area contributed by atoms with Crippen molar-refractivity contribution in [1.29, 1.82) is 0 Å². The highest BCUT2D eigenvalue weighted by molar-refractivity contribution is 5.88. The van der Waals surface area contributed by atoms with Crippen LogP contribution >= 0.6 is 0 Å². The molecule has 1 heterocycles. The first-order chi connectivity index (χ1) is 9.54. The van der Waals surface area contributed by atoms with Gasteiger partial charge in [0.15, 0.2) is 0 Å². The zero-order chi connectivity index (χ0) is 14.7. The highest BCUT2D eigenvalue weighted by Gasteiger charge is 2.40. The molecule has 0 radical (unpaired) electrons. The number of carboxylic acid groups (broad SMARTS) is 1. The van der Waals surface area contributed by atoms with Gasteiger partial charge in [-0.1, -0.05) is 37.3 Å². The predicted octanol–water partition coefficient (Wildman–Crippen LogP) is 1.23. The minimum Gasteiger partial charge on any atom is -0.480 e. The van der Waals surface area contributed by atoms with Gasteiger partial charge in [-0.2, -0.15) is 0 Å². The molecule has 108 valence electrons. The fourth-order valence-electron chi connectivity index (χ4n) is 2.73. The second-order valence-corrected chi connectivity index (χ2v) is 5.11. The normalized spacial score (nSPS) is 23.6. The Morgan fingerprint density at radius 1 is 1.35 bits per heavy atom. The van der Waals surface area contributed by atoms with E-state index in [0.29, 0.717) is 6.42 Å². The number of carbonyl (C=O) groups is 2. The van der Waals surface area contributed by atoms with Gasteiger partial charge in [0.1, 0.15) is 6.04 Å². The SMILES string of the molecule is CCC(C(=O)N1CC(O)C[C@H]1C(=O)O)c1ccccc1. The lowest BCUT2D eigenvalue weighted by Gasteiger charge is -2.26. The van der Waals surface area contributed by atoms with Gasteiger partial charge in [0.25, 0.3) is 0 Å². The maximum atomic E-state index is 12.6. The zero-order valence-electron chi connectivity index (χ0n) is 11.4. The Balaban J connectivity index is 2.22. The van der Waals surface area contributed by atoms with Crippen LogP contribution in [-0.2, 0) is 9.59 Å². The van der Waals surface area contributed by atoms with E-state index >= 15 is 0 Å². The van der Waals surface area contributed by atoms with Gasteiger partial charge < -0.3 is 15.1 Å². The lowest BCUT2D eigenvalue weighted by Crippen LogP contribution is -2.43. The molecule has 0 bridgehead atoms. The molecule has 0 aromatic heterocycles. The van der Waals surface area contributed by atoms with E-state index in [0.717, 1.165) is 5.56 Å². The van der Waals surface area contributed by atoms with Crippen molar-refractivity contribution in [2.24, 2.45) is 0 Å². The number of hydrogen-bond donors (Lipinski definition) is 2. The Bertz CT molecular complexity index is 488. The number of aliphatic hydroxyl groups excluding tert-OH is 1. The number of aliphatic carboxylic acids is 1. The largest absolute Gasteiger partial charge is 0.480 e. The lowest BCUT2D eigenvalue weighted by molar-refractivity contribution is -0.148. The van der Waals surface area contributed by atoms with Crippen molar-refractivity contribution in [1.82, 2.24) is 4.90 Å². The van der Waals surface area contributed by atoms with Crippen LogP contribution in [0.25, 0.3) is 0 Å². The number of aliphatic hydroxyl groups is 1. The van der Waals surface area contributed by atoms with Crippen LogP contribution < -0.4 is 0 Å². The predicted molar refractivity (Wildman–Crippen MR) is 73.2 cm³/mol. The average molecular weight is 277 g/mol. The monoisotopic (exact) mass is 277 g/mol. The Hall–Kier alpha value is -1.88. The standard InChI is InChI=1S/C15H19NO4/c1-2-12(10-6-4-3-5-7-10)14(18)16-9-11(17)8-13(16)15(19)20/h3-7,11-13,17H,2,8-9H2,1H3,(H,19,20)/t11?,12?,13-/m0/s1. The molecule has 1 fully saturated rings. The van der Waals surface area contributed by atoms with Crippen molar-refractivity contribution < 1.29 is 19.8 Å². The van der Waals surface area contributed by atoms with Gasteiger partial charge >= 0.3 is 5.97 Å². The maximum absolute atomic E-state index is 12.6. The molecular weight excluding hydrogens is 258 g/mol. The molecule has 0 aliphatic carbocycles. The Labute approximate surface area is 117 Å². The van der Waals surface area contributed by atoms with Crippen LogP contribution in [0.4, 0.5) is 0 Å². The second-order valence-electron chi connectivity index (χ2n) is 5.11. The Morgan fingerprint density at radius 3 is 2.55 bits per heavy atom. The number of β-amino-alcohol motifs (C(OH)–C–C–N with tert-alkyl or cyclic N) is 1. The minimum atomic E-state index is -1.06. The van der Waals surface area contributed by atoms with E-state index in [9.17, 15) is 19.8 Å². The number of nitrogens with zero attached hydrogens (tertiary/aromatic N) is 1. The van der Waals surface area contributed by atoms with Crippen LogP contribution in [0.5, 0.6) is 0 Å². The molecule has 1 aliphatic heterocycles. The van der Waals surface area contributed by atoms with Gasteiger partial charge in [-0.25, -0.2) is 4.79 Å². The van der Waals surface area contributed by atoms with Gasteiger partial charge in [-0.15, -0.1) is 0 Å². The lowest BCUT2D eigenvalue weighted by atomic mass is 9.95. The van der Waals surface area contributed by atoms with E-state index in [-0.39, 0.29) is 24.8 Å². The molecule has 0 saturated carbocycles. The summed E-state index contributed by atoms with van der Waals surface area (Å²) in [6, 6.07) is 8.41. The van der Waals surface area contributed by atoms with Crippen LogP contribution in [0.3, 0.4) is 0 Å². The van der Waals surface area contributed by atoms with E-state index in [1.54, 1.807) is 0 Å². The molecule has 1 aliphatic rings. The number of benzene rings is 1. The number of rotatable bonds is 4. The van der Waals surface area contributed by atoms with E-state index in [1.807, 2.05) is 37.3 Å². The van der Waals surface area contributed by atoms with Gasteiger partial charge in [-0.05, 0) is 12.0 Å². The van der Waals surface area contributed by atoms with Gasteiger partial charge in [0, 0.05) is 13.0 Å². The van der Waals surface area contributed by atoms with Crippen molar-refractivity contribution in [3.8, 4) is 0 Å². The van der Waals surface area contributed by atoms with Gasteiger partial charge in [0.2, 0.25) is 5.91 Å². The minimum absolute atomic E-state index is 0.0964. The summed E-state index contributed by atoms with van der Waals surface area (Å²) in [7, 11) is 0. The molecule has 5 nitrogen and oxygen atoms in total. The van der Waals surface area contributed by atoms with Crippen molar-refractivity contribution in [2.45, 2.75) is 37.8 Å². The summed E-state index contributed by atoms with van der Waals surface area (Å²) in [4.78, 5) is 25.1. The number of likely N-dealkylation sites (tertiary alicyclic amines) is 1. The highest BCUT2D eigenvalue weighted by Crippen LogP contribution is 2.27. The average Bonchev–Trinajstić information content (AvgIpc) is 2.83. The summed E-state index contributed by atoms with van der Waals surface area (Å²) in [5.74, 6) is -1.64. The fourth-order valence-corrected chi connectivity index (χ4v) is 2.73. The molecule has 1 aromatic carbocycles. The molecule has 2 unspecified atom stereocenters. The van der Waals surface area contributed by atoms with Gasteiger partial charge in [-0.3, -0.25) is 4.79 Å². The third-order valence-electron chi connectivity index (χ3n) is 3.76. The molecule has 1 aromatic rings. The van der Waals surface area contributed by atoms with Crippen molar-refractivity contribution in [3.05, 3.63) is 35.9 Å². The first-order valence-corrected chi connectivity index (χ1v) is 6.80. The van der Waals surface area contributed by atoms with Gasteiger partial charge in [0.05, 0.1) is 12.0 Å². The maximum Gasteiger partial charge on any atom is 0.326 e. The Kier molecular flexibility index (Phi) is 4.39. The summed E-state index contributed by atoms with van der Waals surface area (Å²) < 4.78 is 0. The summed E-state index contributed by atoms with van der Waals surface area (Å²) >= 11 is 0. The molecule has 1 saturated heterocycles. The molecule has 3 atom stereocenters. The number of carboxylic acids is 1. The van der Waals surface area contributed by atoms with Crippen LogP contribution in [-0.4, -0.2) is 45.7 Å². The Morgan fingerprint density at radius 2 is 2.00 bits per heavy atom. The van der Waals surface area contributed by atoms with E-state index in [1.165, 1.54) is 4.90 Å². The molecule has 2 N–H and O–H groups in total. The molecule has 5 heteroatoms. The number of amides is 1. The smallest absolute Gasteiger partial charge is 0.326 e. The summed E-state index contributed by atoms with van der Waals surface area (Å²) in [5.41, 5.74) is 0.880. The van der Waals surface area contributed by atoms with Crippen LogP contribution in [0.2, 0.25) is 0 Å². The van der Waals surface area contributed by atoms with Crippen molar-refractivity contribution in [3.63, 3.8) is 0 Å². The van der Waals surface area contributed by atoms with Crippen LogP contribution in [0, 0.1) is 0 Å². The topological polar surface area (TPSA) is 77.8 Å². The number of hydrogen-bond acceptors (Lipinski definition) is 3. The molecule has 2 rings (SSSR count). The van der Waals surface area contributed by atoms with Crippen LogP contribution in [0.1, 0.15) is 31.2 Å². The first kappa shape index (κ1) is 14.5. The molecular formula is C15H19NO4. The summed E-state index contributed by atoms with van der Waals surface area (Å²) in [6.07, 6.45) is -0.0537. The third-order valence-corrected chi connectivity index (χ3v) is 3.76. The zero-order valence-corrected chi connectivity index (χ0v) is 11.4. The summed E-state index contributed by atoms with van der Waals surface area (Å²) in [5, 5.41) is 18.8. The van der Waals surface area contributed by atoms with E-state index in [4.69, 9.17) is 0 Å². The highest BCUT2D eigenvalue weighted by atomic mass is 16.4. The second kappa shape index (κ2) is 6.05. The first-order valence-electron chi connectivity index (χ1n) is 6.80. The molecule has 0 spiro atoms. The van der Waals surface area contributed by atoms with Crippen molar-refractivity contribution in [2.75, 3.05) is 6.54 Å². The number of carbonyl (C=O) groups excluding carboxylic acids is 1.